The highest BCUT2D eigenvalue weighted by atomic mass is 32.1. The molecule has 3 N–H and O–H groups in total. The smallest absolute Gasteiger partial charge is 0.258 e. The van der Waals surface area contributed by atoms with Crippen molar-refractivity contribution in [2.45, 2.75) is 0 Å². The lowest BCUT2D eigenvalue weighted by molar-refractivity contribution is 0.102. The lowest BCUT2D eigenvalue weighted by Gasteiger charge is -2.00. The van der Waals surface area contributed by atoms with Gasteiger partial charge in [0.15, 0.2) is 5.13 Å². The van der Waals surface area contributed by atoms with Crippen molar-refractivity contribution in [2.75, 3.05) is 5.32 Å². The minimum absolute atomic E-state index is 0.248. The van der Waals surface area contributed by atoms with Gasteiger partial charge < -0.3 is 9.97 Å². The van der Waals surface area contributed by atoms with E-state index in [4.69, 9.17) is 0 Å². The first-order valence-corrected chi connectivity index (χ1v) is 8.11. The van der Waals surface area contributed by atoms with Crippen molar-refractivity contribution in [1.82, 2.24) is 15.0 Å². The highest BCUT2D eigenvalue weighted by molar-refractivity contribution is 7.14. The monoisotopic (exact) mass is 336 g/mol. The maximum Gasteiger partial charge on any atom is 0.258 e. The molecule has 0 aliphatic carbocycles. The normalized spacial score (nSPS) is 10.8. The Morgan fingerprint density at radius 2 is 1.96 bits per heavy atom. The molecule has 0 saturated heterocycles. The van der Waals surface area contributed by atoms with Gasteiger partial charge in [-0.2, -0.15) is 0 Å². The van der Waals surface area contributed by atoms with Crippen molar-refractivity contribution >= 4 is 33.3 Å². The number of anilines is 1. The second-order valence-corrected chi connectivity index (χ2v) is 6.04. The molecule has 0 atom stereocenters. The molecule has 0 fully saturated rings. The number of aromatic amines is 2. The molecule has 0 saturated carbocycles. The van der Waals surface area contributed by atoms with Crippen LogP contribution < -0.4 is 10.9 Å². The Bertz CT molecular complexity index is 1070. The number of thiazole rings is 1. The van der Waals surface area contributed by atoms with Crippen molar-refractivity contribution in [2.24, 2.45) is 0 Å². The van der Waals surface area contributed by atoms with Gasteiger partial charge in [-0.1, -0.05) is 18.2 Å². The second kappa shape index (κ2) is 5.78. The van der Waals surface area contributed by atoms with E-state index >= 15 is 0 Å². The first-order chi connectivity index (χ1) is 11.7. The predicted octanol–water partition coefficient (Wildman–Crippen LogP) is 3.23. The lowest BCUT2D eigenvalue weighted by Crippen LogP contribution is -2.14. The molecule has 0 spiro atoms. The van der Waals surface area contributed by atoms with Crippen LogP contribution in [0.15, 0.2) is 59.0 Å². The zero-order valence-electron chi connectivity index (χ0n) is 12.4. The molecule has 3 heterocycles. The van der Waals surface area contributed by atoms with Crippen LogP contribution in [-0.4, -0.2) is 20.9 Å². The molecule has 0 radical (unpaired) electrons. The molecular weight excluding hydrogens is 324 g/mol. The summed E-state index contributed by atoms with van der Waals surface area (Å²) in [6, 6.07) is 10.8. The third kappa shape index (κ3) is 2.61. The van der Waals surface area contributed by atoms with Gasteiger partial charge in [-0.15, -0.1) is 11.3 Å². The lowest BCUT2D eigenvalue weighted by atomic mass is 10.1. The number of benzene rings is 1. The van der Waals surface area contributed by atoms with Gasteiger partial charge >= 0.3 is 0 Å². The standard InChI is InChI=1S/C17H12N4O2S/c22-15-6-5-10(7-19-15)16(23)21-17-20-14(9-24-17)12-8-18-13-4-2-1-3-11(12)13/h1-9,18H,(H,19,22)(H,20,21,23). The van der Waals surface area contributed by atoms with Crippen LogP contribution in [0.1, 0.15) is 10.4 Å². The maximum atomic E-state index is 12.2. The summed E-state index contributed by atoms with van der Waals surface area (Å²) in [7, 11) is 0. The molecule has 6 nitrogen and oxygen atoms in total. The number of aromatic nitrogens is 3. The number of H-pyrrole nitrogens is 2. The summed E-state index contributed by atoms with van der Waals surface area (Å²) in [6.07, 6.45) is 3.29. The Kier molecular flexibility index (Phi) is 3.47. The number of carbonyl (C=O) groups excluding carboxylic acids is 1. The van der Waals surface area contributed by atoms with Crippen molar-refractivity contribution in [3.05, 3.63) is 70.1 Å². The molecule has 0 aliphatic rings. The van der Waals surface area contributed by atoms with Gasteiger partial charge in [0.2, 0.25) is 5.56 Å². The number of hydrogen-bond donors (Lipinski definition) is 3. The van der Waals surface area contributed by atoms with Crippen LogP contribution in [0.4, 0.5) is 5.13 Å². The Hall–Kier alpha value is -3.19. The van der Waals surface area contributed by atoms with Gasteiger partial charge in [0, 0.05) is 40.3 Å². The van der Waals surface area contributed by atoms with Crippen LogP contribution in [0.3, 0.4) is 0 Å². The topological polar surface area (TPSA) is 90.6 Å². The molecule has 1 amide bonds. The minimum Gasteiger partial charge on any atom is -0.360 e. The van der Waals surface area contributed by atoms with Crippen LogP contribution in [0.2, 0.25) is 0 Å². The molecule has 0 aliphatic heterocycles. The fourth-order valence-electron chi connectivity index (χ4n) is 2.46. The summed E-state index contributed by atoms with van der Waals surface area (Å²) < 4.78 is 0. The van der Waals surface area contributed by atoms with Gasteiger partial charge in [0.1, 0.15) is 0 Å². The number of carbonyl (C=O) groups is 1. The van der Waals surface area contributed by atoms with Gasteiger partial charge in [0.25, 0.3) is 5.91 Å². The summed E-state index contributed by atoms with van der Waals surface area (Å²) in [5.41, 5.74) is 2.96. The molecular formula is C17H12N4O2S. The number of fused-ring (bicyclic) bond motifs is 1. The molecule has 1 aromatic carbocycles. The number of nitrogens with one attached hydrogen (secondary N) is 3. The first-order valence-electron chi connectivity index (χ1n) is 7.23. The van der Waals surface area contributed by atoms with Crippen molar-refractivity contribution in [3.8, 4) is 11.3 Å². The van der Waals surface area contributed by atoms with E-state index in [1.807, 2.05) is 35.8 Å². The summed E-state index contributed by atoms with van der Waals surface area (Å²) in [6.45, 7) is 0. The van der Waals surface area contributed by atoms with Crippen LogP contribution >= 0.6 is 11.3 Å². The zero-order valence-corrected chi connectivity index (χ0v) is 13.2. The number of nitrogens with zero attached hydrogens (tertiary/aromatic N) is 1. The Morgan fingerprint density at radius 3 is 2.79 bits per heavy atom. The van der Waals surface area contributed by atoms with Gasteiger partial charge in [-0.25, -0.2) is 4.98 Å². The predicted molar refractivity (Wildman–Crippen MR) is 94.4 cm³/mol. The van der Waals surface area contributed by atoms with Crippen LogP contribution in [0.5, 0.6) is 0 Å². The molecule has 118 valence electrons. The van der Waals surface area contributed by atoms with E-state index in [-0.39, 0.29) is 11.5 Å². The number of pyridine rings is 1. The Morgan fingerprint density at radius 1 is 1.08 bits per heavy atom. The van der Waals surface area contributed by atoms with Gasteiger partial charge in [-0.05, 0) is 12.1 Å². The molecule has 7 heteroatoms. The summed E-state index contributed by atoms with van der Waals surface area (Å²) >= 11 is 1.35. The summed E-state index contributed by atoms with van der Waals surface area (Å²) in [4.78, 5) is 33.4. The van der Waals surface area contributed by atoms with Crippen molar-refractivity contribution < 1.29 is 4.79 Å². The maximum absolute atomic E-state index is 12.2. The van der Waals surface area contributed by atoms with Gasteiger partial charge in [-0.3, -0.25) is 14.9 Å². The van der Waals surface area contributed by atoms with Crippen LogP contribution in [0, 0.1) is 0 Å². The highest BCUT2D eigenvalue weighted by Gasteiger charge is 2.12. The minimum atomic E-state index is -0.314. The largest absolute Gasteiger partial charge is 0.360 e. The quantitative estimate of drug-likeness (QED) is 0.536. The first kappa shape index (κ1) is 14.4. The molecule has 24 heavy (non-hydrogen) atoms. The van der Waals surface area contributed by atoms with Gasteiger partial charge in [0.05, 0.1) is 11.3 Å². The average Bonchev–Trinajstić information content (AvgIpc) is 3.22. The Labute approximate surface area is 140 Å². The zero-order chi connectivity index (χ0) is 16.5. The molecule has 0 bridgehead atoms. The van der Waals surface area contributed by atoms with E-state index in [1.54, 1.807) is 0 Å². The third-order valence-corrected chi connectivity index (χ3v) is 4.39. The highest BCUT2D eigenvalue weighted by Crippen LogP contribution is 2.30. The van der Waals surface area contributed by atoms with E-state index in [9.17, 15) is 9.59 Å². The van der Waals surface area contributed by atoms with Crippen molar-refractivity contribution in [3.63, 3.8) is 0 Å². The van der Waals surface area contributed by atoms with Crippen LogP contribution in [-0.2, 0) is 0 Å². The Balaban J connectivity index is 1.60. The average molecular weight is 336 g/mol. The summed E-state index contributed by atoms with van der Waals surface area (Å²) in [5.74, 6) is -0.314. The van der Waals surface area contributed by atoms with Crippen molar-refractivity contribution in [1.29, 1.82) is 0 Å². The number of hydrogen-bond acceptors (Lipinski definition) is 4. The number of rotatable bonds is 3. The molecule has 3 aromatic heterocycles. The fraction of sp³-hybridized carbons (Fsp3) is 0. The molecule has 4 aromatic rings. The van der Waals surface area contributed by atoms with E-state index in [1.165, 1.54) is 29.7 Å². The van der Waals surface area contributed by atoms with E-state index in [0.29, 0.717) is 10.7 Å². The van der Waals surface area contributed by atoms with E-state index in [2.05, 4.69) is 20.3 Å². The molecule has 0 unspecified atom stereocenters. The van der Waals surface area contributed by atoms with Crippen LogP contribution in [0.25, 0.3) is 22.2 Å². The second-order valence-electron chi connectivity index (χ2n) is 5.18. The number of amides is 1. The van der Waals surface area contributed by atoms with E-state index < -0.39 is 0 Å². The SMILES string of the molecule is O=C(Nc1nc(-c2c[nH]c3ccccc23)cs1)c1ccc(=O)[nH]c1. The molecule has 4 rings (SSSR count). The fourth-order valence-corrected chi connectivity index (χ4v) is 3.16. The number of para-hydroxylation sites is 1. The summed E-state index contributed by atoms with van der Waals surface area (Å²) in [5, 5.41) is 6.24. The third-order valence-electron chi connectivity index (χ3n) is 3.64. The van der Waals surface area contributed by atoms with E-state index in [0.717, 1.165) is 22.2 Å².